The summed E-state index contributed by atoms with van der Waals surface area (Å²) in [6.07, 6.45) is 2.55. The summed E-state index contributed by atoms with van der Waals surface area (Å²) < 4.78 is 20.2. The van der Waals surface area contributed by atoms with Crippen LogP contribution in [0.15, 0.2) is 78.6 Å². The van der Waals surface area contributed by atoms with Crippen LogP contribution < -0.4 is 15.0 Å². The van der Waals surface area contributed by atoms with E-state index in [9.17, 15) is 14.0 Å². The van der Waals surface area contributed by atoms with Crippen molar-refractivity contribution in [2.45, 2.75) is 26.8 Å². The molecule has 34 heavy (non-hydrogen) atoms. The highest BCUT2D eigenvalue weighted by atomic mass is 19.1. The second-order valence-corrected chi connectivity index (χ2v) is 8.62. The maximum atomic E-state index is 14.3. The number of halogens is 1. The van der Waals surface area contributed by atoms with E-state index in [0.29, 0.717) is 40.6 Å². The van der Waals surface area contributed by atoms with Gasteiger partial charge < -0.3 is 10.1 Å². The predicted octanol–water partition coefficient (Wildman–Crippen LogP) is 5.57. The summed E-state index contributed by atoms with van der Waals surface area (Å²) in [5.41, 5.74) is 2.27. The SMILES string of the molecule is CC(C)CCNC(=O)c1ccc(C=C2Oc3ccccc3N(Cc3ccccc3F)C2=O)cc1. The number of benzene rings is 3. The van der Waals surface area contributed by atoms with Gasteiger partial charge in [-0.2, -0.15) is 0 Å². The van der Waals surface area contributed by atoms with Gasteiger partial charge in [-0.25, -0.2) is 4.39 Å². The zero-order chi connectivity index (χ0) is 24.1. The van der Waals surface area contributed by atoms with Crippen LogP contribution in [-0.4, -0.2) is 18.4 Å². The second-order valence-electron chi connectivity index (χ2n) is 8.62. The lowest BCUT2D eigenvalue weighted by Gasteiger charge is -2.30. The van der Waals surface area contributed by atoms with Crippen molar-refractivity contribution in [2.75, 3.05) is 11.4 Å². The molecule has 0 spiro atoms. The molecule has 6 heteroatoms. The highest BCUT2D eigenvalue weighted by Crippen LogP contribution is 2.36. The Bertz CT molecular complexity index is 1220. The molecule has 2 amide bonds. The highest BCUT2D eigenvalue weighted by molar-refractivity contribution is 6.09. The monoisotopic (exact) mass is 458 g/mol. The maximum absolute atomic E-state index is 14.3. The summed E-state index contributed by atoms with van der Waals surface area (Å²) >= 11 is 0. The number of amides is 2. The molecule has 1 heterocycles. The van der Waals surface area contributed by atoms with Crippen molar-refractivity contribution in [3.8, 4) is 5.75 Å². The summed E-state index contributed by atoms with van der Waals surface area (Å²) in [4.78, 5) is 27.1. The molecule has 0 radical (unpaired) electrons. The molecule has 1 N–H and O–H groups in total. The fraction of sp³-hybridized carbons (Fsp3) is 0.214. The first-order valence-electron chi connectivity index (χ1n) is 11.3. The van der Waals surface area contributed by atoms with Crippen LogP contribution >= 0.6 is 0 Å². The van der Waals surface area contributed by atoms with Gasteiger partial charge in [-0.3, -0.25) is 14.5 Å². The lowest BCUT2D eigenvalue weighted by atomic mass is 10.1. The Balaban J connectivity index is 1.56. The Labute approximate surface area is 198 Å². The van der Waals surface area contributed by atoms with E-state index in [4.69, 9.17) is 4.74 Å². The van der Waals surface area contributed by atoms with Crippen molar-refractivity contribution in [3.63, 3.8) is 0 Å². The molecular weight excluding hydrogens is 431 g/mol. The number of nitrogens with one attached hydrogen (secondary N) is 1. The van der Waals surface area contributed by atoms with Gasteiger partial charge in [0.15, 0.2) is 11.5 Å². The Morgan fingerprint density at radius 3 is 2.47 bits per heavy atom. The van der Waals surface area contributed by atoms with Crippen molar-refractivity contribution in [1.29, 1.82) is 0 Å². The summed E-state index contributed by atoms with van der Waals surface area (Å²) in [6.45, 7) is 4.93. The summed E-state index contributed by atoms with van der Waals surface area (Å²) in [5, 5.41) is 2.91. The van der Waals surface area contributed by atoms with E-state index < -0.39 is 0 Å². The standard InChI is InChI=1S/C28H27FN2O3/c1-19(2)15-16-30-27(32)21-13-11-20(12-14-21)17-26-28(33)31(18-22-7-3-4-8-23(22)29)24-9-5-6-10-25(24)34-26/h3-14,17,19H,15-16,18H2,1-2H3,(H,30,32). The lowest BCUT2D eigenvalue weighted by Crippen LogP contribution is -2.37. The number of hydrogen-bond acceptors (Lipinski definition) is 3. The molecule has 0 saturated heterocycles. The van der Waals surface area contributed by atoms with E-state index in [0.717, 1.165) is 6.42 Å². The van der Waals surface area contributed by atoms with E-state index in [1.54, 1.807) is 60.7 Å². The quantitative estimate of drug-likeness (QED) is 0.471. The molecule has 3 aromatic rings. The molecule has 0 unspecified atom stereocenters. The maximum Gasteiger partial charge on any atom is 0.294 e. The second kappa shape index (κ2) is 10.3. The van der Waals surface area contributed by atoms with Gasteiger partial charge in [0.1, 0.15) is 5.82 Å². The minimum absolute atomic E-state index is 0.0820. The van der Waals surface area contributed by atoms with E-state index in [1.807, 2.05) is 12.1 Å². The average Bonchev–Trinajstić information content (AvgIpc) is 2.83. The Morgan fingerprint density at radius 2 is 1.74 bits per heavy atom. The molecule has 4 rings (SSSR count). The number of nitrogens with zero attached hydrogens (tertiary/aromatic N) is 1. The number of anilines is 1. The number of fused-ring (bicyclic) bond motifs is 1. The molecule has 1 aliphatic heterocycles. The van der Waals surface area contributed by atoms with Crippen molar-refractivity contribution < 1.29 is 18.7 Å². The van der Waals surface area contributed by atoms with Gasteiger partial charge in [0, 0.05) is 17.7 Å². The van der Waals surface area contributed by atoms with Crippen LogP contribution in [0.1, 0.15) is 41.8 Å². The molecule has 0 fully saturated rings. The molecule has 3 aromatic carbocycles. The van der Waals surface area contributed by atoms with E-state index in [1.165, 1.54) is 11.0 Å². The van der Waals surface area contributed by atoms with Gasteiger partial charge in [0.05, 0.1) is 12.2 Å². The van der Waals surface area contributed by atoms with Gasteiger partial charge in [-0.1, -0.05) is 56.3 Å². The molecule has 0 bridgehead atoms. The molecule has 5 nitrogen and oxygen atoms in total. The molecule has 174 valence electrons. The highest BCUT2D eigenvalue weighted by Gasteiger charge is 2.30. The minimum atomic E-state index is -0.368. The zero-order valence-electron chi connectivity index (χ0n) is 19.3. The zero-order valence-corrected chi connectivity index (χ0v) is 19.3. The number of rotatable bonds is 7. The first-order valence-corrected chi connectivity index (χ1v) is 11.3. The lowest BCUT2D eigenvalue weighted by molar-refractivity contribution is -0.117. The normalized spacial score (nSPS) is 14.2. The van der Waals surface area contributed by atoms with E-state index in [2.05, 4.69) is 19.2 Å². The molecule has 0 aromatic heterocycles. The number of para-hydroxylation sites is 2. The Hall–Kier alpha value is -3.93. The first kappa shape index (κ1) is 23.2. The summed E-state index contributed by atoms with van der Waals surface area (Å²) in [5.74, 6) is 0.305. The predicted molar refractivity (Wildman–Crippen MR) is 131 cm³/mol. The van der Waals surface area contributed by atoms with Crippen molar-refractivity contribution in [2.24, 2.45) is 5.92 Å². The van der Waals surface area contributed by atoms with Crippen LogP contribution in [0.2, 0.25) is 0 Å². The molecule has 1 aliphatic rings. The third-order valence-corrected chi connectivity index (χ3v) is 5.60. The van der Waals surface area contributed by atoms with Crippen molar-refractivity contribution in [1.82, 2.24) is 5.32 Å². The van der Waals surface area contributed by atoms with Crippen molar-refractivity contribution >= 4 is 23.6 Å². The minimum Gasteiger partial charge on any atom is -0.449 e. The van der Waals surface area contributed by atoms with E-state index >= 15 is 0 Å². The number of ether oxygens (including phenoxy) is 1. The Morgan fingerprint density at radius 1 is 1.03 bits per heavy atom. The fourth-order valence-electron chi connectivity index (χ4n) is 3.67. The van der Waals surface area contributed by atoms with Gasteiger partial charge in [0.25, 0.3) is 11.8 Å². The summed E-state index contributed by atoms with van der Waals surface area (Å²) in [7, 11) is 0. The third-order valence-electron chi connectivity index (χ3n) is 5.60. The van der Waals surface area contributed by atoms with Gasteiger partial charge in [-0.15, -0.1) is 0 Å². The van der Waals surface area contributed by atoms with Crippen LogP contribution in [0, 0.1) is 11.7 Å². The number of hydrogen-bond donors (Lipinski definition) is 1. The number of carbonyl (C=O) groups excluding carboxylic acids is 2. The molecule has 0 aliphatic carbocycles. The van der Waals surface area contributed by atoms with Gasteiger partial charge in [0.2, 0.25) is 0 Å². The van der Waals surface area contributed by atoms with Crippen molar-refractivity contribution in [3.05, 3.63) is 101 Å². The Kier molecular flexibility index (Phi) is 7.07. The summed E-state index contributed by atoms with van der Waals surface area (Å²) in [6, 6.07) is 20.5. The molecule has 0 saturated carbocycles. The van der Waals surface area contributed by atoms with Gasteiger partial charge in [-0.05, 0) is 54.3 Å². The third kappa shape index (κ3) is 5.34. The van der Waals surface area contributed by atoms with Crippen LogP contribution in [0.5, 0.6) is 5.75 Å². The van der Waals surface area contributed by atoms with Crippen LogP contribution in [0.3, 0.4) is 0 Å². The average molecular weight is 459 g/mol. The number of carbonyl (C=O) groups is 2. The first-order chi connectivity index (χ1) is 16.4. The van der Waals surface area contributed by atoms with Crippen LogP contribution in [0.25, 0.3) is 6.08 Å². The smallest absolute Gasteiger partial charge is 0.294 e. The molecule has 0 atom stereocenters. The van der Waals surface area contributed by atoms with Crippen LogP contribution in [0.4, 0.5) is 10.1 Å². The van der Waals surface area contributed by atoms with Gasteiger partial charge >= 0.3 is 0 Å². The van der Waals surface area contributed by atoms with E-state index in [-0.39, 0.29) is 29.9 Å². The van der Waals surface area contributed by atoms with Crippen LogP contribution in [-0.2, 0) is 11.3 Å². The molecular formula is C28H27FN2O3. The fourth-order valence-corrected chi connectivity index (χ4v) is 3.67. The topological polar surface area (TPSA) is 58.6 Å². The largest absolute Gasteiger partial charge is 0.449 e.